The summed E-state index contributed by atoms with van der Waals surface area (Å²) in [7, 11) is 0. The topological polar surface area (TPSA) is 39.1 Å². The Hall–Kier alpha value is -0.500. The number of nitriles is 1. The standard InChI is InChI=1S/C13H16ClN3.2ClH/c14-12-4-2-1-3-11(12)13(5-6-15)17-9-7-16-8-10-17;;/h1-4,13,16H,5,7-10H2;2*1H/t13-;;/m1../s1. The van der Waals surface area contributed by atoms with E-state index in [2.05, 4.69) is 16.3 Å². The van der Waals surface area contributed by atoms with E-state index in [4.69, 9.17) is 16.9 Å². The van der Waals surface area contributed by atoms with Gasteiger partial charge < -0.3 is 5.32 Å². The second-order valence-corrected chi connectivity index (χ2v) is 4.59. The van der Waals surface area contributed by atoms with Gasteiger partial charge in [0.25, 0.3) is 0 Å². The predicted molar refractivity (Wildman–Crippen MR) is 83.4 cm³/mol. The monoisotopic (exact) mass is 321 g/mol. The van der Waals surface area contributed by atoms with Gasteiger partial charge >= 0.3 is 0 Å². The zero-order valence-electron chi connectivity index (χ0n) is 10.5. The van der Waals surface area contributed by atoms with E-state index >= 15 is 0 Å². The molecule has 1 atom stereocenters. The Kier molecular flexibility index (Phi) is 9.16. The molecule has 1 aliphatic heterocycles. The van der Waals surface area contributed by atoms with E-state index in [-0.39, 0.29) is 30.9 Å². The van der Waals surface area contributed by atoms with Gasteiger partial charge in [-0.2, -0.15) is 5.26 Å². The average molecular weight is 323 g/mol. The zero-order chi connectivity index (χ0) is 12.1. The van der Waals surface area contributed by atoms with Crippen molar-refractivity contribution in [2.75, 3.05) is 26.2 Å². The summed E-state index contributed by atoms with van der Waals surface area (Å²) >= 11 is 6.22. The van der Waals surface area contributed by atoms with E-state index in [9.17, 15) is 0 Å². The molecule has 1 aromatic rings. The molecule has 0 amide bonds. The van der Waals surface area contributed by atoms with Crippen LogP contribution in [0.4, 0.5) is 0 Å². The van der Waals surface area contributed by atoms with Crippen LogP contribution in [0.25, 0.3) is 0 Å². The molecule has 3 nitrogen and oxygen atoms in total. The highest BCUT2D eigenvalue weighted by Crippen LogP contribution is 2.29. The van der Waals surface area contributed by atoms with Gasteiger partial charge in [0.05, 0.1) is 12.5 Å². The molecule has 2 rings (SSSR count). The Labute approximate surface area is 131 Å². The highest BCUT2D eigenvalue weighted by atomic mass is 35.5. The number of hydrogen-bond acceptors (Lipinski definition) is 3. The molecule has 1 aromatic carbocycles. The fraction of sp³-hybridized carbons (Fsp3) is 0.462. The summed E-state index contributed by atoms with van der Waals surface area (Å²) < 4.78 is 0. The number of piperazine rings is 1. The first-order valence-corrected chi connectivity index (χ1v) is 6.27. The summed E-state index contributed by atoms with van der Waals surface area (Å²) in [5.74, 6) is 0. The molecule has 0 aromatic heterocycles. The van der Waals surface area contributed by atoms with Crippen molar-refractivity contribution in [2.24, 2.45) is 0 Å². The minimum Gasteiger partial charge on any atom is -0.314 e. The van der Waals surface area contributed by atoms with Crippen LogP contribution in [-0.4, -0.2) is 31.1 Å². The summed E-state index contributed by atoms with van der Waals surface area (Å²) in [6.45, 7) is 3.90. The second-order valence-electron chi connectivity index (χ2n) is 4.19. The third-order valence-electron chi connectivity index (χ3n) is 3.14. The van der Waals surface area contributed by atoms with Gasteiger partial charge in [0, 0.05) is 37.2 Å². The number of benzene rings is 1. The Morgan fingerprint density at radius 2 is 1.89 bits per heavy atom. The number of nitrogens with zero attached hydrogens (tertiary/aromatic N) is 2. The largest absolute Gasteiger partial charge is 0.314 e. The number of hydrogen-bond donors (Lipinski definition) is 1. The van der Waals surface area contributed by atoms with Crippen molar-refractivity contribution in [3.63, 3.8) is 0 Å². The van der Waals surface area contributed by atoms with E-state index in [1.165, 1.54) is 0 Å². The summed E-state index contributed by atoms with van der Waals surface area (Å²) in [5, 5.41) is 13.1. The molecular weight excluding hydrogens is 305 g/mol. The highest BCUT2D eigenvalue weighted by Gasteiger charge is 2.23. The first-order chi connectivity index (χ1) is 8.33. The SMILES string of the molecule is Cl.Cl.N#CC[C@H](c1ccccc1Cl)N1CCNCC1. The molecule has 1 saturated heterocycles. The summed E-state index contributed by atoms with van der Waals surface area (Å²) in [6.07, 6.45) is 0.490. The lowest BCUT2D eigenvalue weighted by molar-refractivity contribution is 0.175. The van der Waals surface area contributed by atoms with Crippen molar-refractivity contribution in [3.05, 3.63) is 34.9 Å². The maximum atomic E-state index is 8.98. The molecule has 0 aliphatic carbocycles. The number of rotatable bonds is 3. The molecule has 1 fully saturated rings. The van der Waals surface area contributed by atoms with Gasteiger partial charge in [-0.25, -0.2) is 0 Å². The van der Waals surface area contributed by atoms with E-state index in [0.717, 1.165) is 36.8 Å². The van der Waals surface area contributed by atoms with Gasteiger partial charge in [0.15, 0.2) is 0 Å². The van der Waals surface area contributed by atoms with Crippen LogP contribution in [-0.2, 0) is 0 Å². The van der Waals surface area contributed by atoms with Crippen LogP contribution >= 0.6 is 36.4 Å². The molecule has 0 radical (unpaired) electrons. The Morgan fingerprint density at radius 3 is 2.47 bits per heavy atom. The second kappa shape index (κ2) is 9.41. The van der Waals surface area contributed by atoms with Crippen LogP contribution < -0.4 is 5.32 Å². The van der Waals surface area contributed by atoms with Gasteiger partial charge in [-0.05, 0) is 11.6 Å². The van der Waals surface area contributed by atoms with Crippen molar-refractivity contribution in [2.45, 2.75) is 12.5 Å². The maximum Gasteiger partial charge on any atom is 0.0641 e. The van der Waals surface area contributed by atoms with E-state index in [1.54, 1.807) is 0 Å². The molecule has 1 heterocycles. The fourth-order valence-corrected chi connectivity index (χ4v) is 2.52. The molecule has 0 unspecified atom stereocenters. The molecule has 0 bridgehead atoms. The minimum atomic E-state index is 0. The zero-order valence-corrected chi connectivity index (χ0v) is 12.9. The van der Waals surface area contributed by atoms with E-state index in [1.807, 2.05) is 24.3 Å². The Morgan fingerprint density at radius 1 is 1.26 bits per heavy atom. The van der Waals surface area contributed by atoms with Gasteiger partial charge in [-0.1, -0.05) is 29.8 Å². The van der Waals surface area contributed by atoms with Crippen LogP contribution in [0, 0.1) is 11.3 Å². The molecule has 6 heteroatoms. The van der Waals surface area contributed by atoms with E-state index in [0.29, 0.717) is 6.42 Å². The molecule has 0 saturated carbocycles. The first kappa shape index (κ1) is 18.5. The lowest BCUT2D eigenvalue weighted by atomic mass is 10.0. The molecule has 1 N–H and O–H groups in total. The van der Waals surface area contributed by atoms with Gasteiger partial charge in [-0.3, -0.25) is 4.90 Å². The number of nitrogens with one attached hydrogen (secondary N) is 1. The van der Waals surface area contributed by atoms with Crippen LogP contribution in [0.5, 0.6) is 0 Å². The fourth-order valence-electron chi connectivity index (χ4n) is 2.26. The third kappa shape index (κ3) is 4.83. The molecule has 19 heavy (non-hydrogen) atoms. The first-order valence-electron chi connectivity index (χ1n) is 5.89. The molecular formula is C13H18Cl3N3. The molecule has 0 spiro atoms. The molecule has 1 aliphatic rings. The maximum absolute atomic E-state index is 8.98. The Bertz CT molecular complexity index is 414. The average Bonchev–Trinajstić information content (AvgIpc) is 2.38. The Balaban J connectivity index is 0.00000162. The number of halogens is 3. The van der Waals surface area contributed by atoms with Crippen molar-refractivity contribution >= 4 is 36.4 Å². The van der Waals surface area contributed by atoms with Crippen LogP contribution in [0.1, 0.15) is 18.0 Å². The van der Waals surface area contributed by atoms with Gasteiger partial charge in [0.1, 0.15) is 0 Å². The highest BCUT2D eigenvalue weighted by molar-refractivity contribution is 6.31. The quantitative estimate of drug-likeness (QED) is 0.929. The smallest absolute Gasteiger partial charge is 0.0641 e. The molecule has 106 valence electrons. The van der Waals surface area contributed by atoms with E-state index < -0.39 is 0 Å². The van der Waals surface area contributed by atoms with Crippen molar-refractivity contribution in [3.8, 4) is 6.07 Å². The van der Waals surface area contributed by atoms with Crippen LogP contribution in [0.3, 0.4) is 0 Å². The van der Waals surface area contributed by atoms with Crippen LogP contribution in [0.15, 0.2) is 24.3 Å². The van der Waals surface area contributed by atoms with Gasteiger partial charge in [0.2, 0.25) is 0 Å². The summed E-state index contributed by atoms with van der Waals surface area (Å²) in [5.41, 5.74) is 1.07. The van der Waals surface area contributed by atoms with Crippen molar-refractivity contribution < 1.29 is 0 Å². The summed E-state index contributed by atoms with van der Waals surface area (Å²) in [6, 6.07) is 10.2. The van der Waals surface area contributed by atoms with Gasteiger partial charge in [-0.15, -0.1) is 24.8 Å². The van der Waals surface area contributed by atoms with Crippen molar-refractivity contribution in [1.82, 2.24) is 10.2 Å². The third-order valence-corrected chi connectivity index (χ3v) is 3.49. The summed E-state index contributed by atoms with van der Waals surface area (Å²) in [4.78, 5) is 2.33. The lowest BCUT2D eigenvalue weighted by Gasteiger charge is -2.34. The lowest BCUT2D eigenvalue weighted by Crippen LogP contribution is -2.45. The minimum absolute atomic E-state index is 0. The van der Waals surface area contributed by atoms with Crippen molar-refractivity contribution in [1.29, 1.82) is 5.26 Å². The predicted octanol–water partition coefficient (Wildman–Crippen LogP) is 3.04. The van der Waals surface area contributed by atoms with Crippen LogP contribution in [0.2, 0.25) is 5.02 Å². The normalized spacial score (nSPS) is 16.6.